The summed E-state index contributed by atoms with van der Waals surface area (Å²) in [4.78, 5) is 0.155. The predicted molar refractivity (Wildman–Crippen MR) is 93.6 cm³/mol. The van der Waals surface area contributed by atoms with Crippen molar-refractivity contribution in [1.82, 2.24) is 4.31 Å². The van der Waals surface area contributed by atoms with Crippen LogP contribution in [0.4, 0.5) is 0 Å². The van der Waals surface area contributed by atoms with E-state index in [1.165, 1.54) is 16.4 Å². The zero-order valence-corrected chi connectivity index (χ0v) is 15.7. The van der Waals surface area contributed by atoms with Crippen LogP contribution < -0.4 is 5.73 Å². The molecule has 1 aromatic rings. The first-order valence-electron chi connectivity index (χ1n) is 6.95. The van der Waals surface area contributed by atoms with Gasteiger partial charge in [-0.25, -0.2) is 8.42 Å². The maximum Gasteiger partial charge on any atom is 0.243 e. The summed E-state index contributed by atoms with van der Waals surface area (Å²) in [6, 6.07) is 3.03. The number of hydrogen-bond donors (Lipinski definition) is 1. The third kappa shape index (κ3) is 4.08. The zero-order chi connectivity index (χ0) is 15.8. The second-order valence-corrected chi connectivity index (χ2v) is 8.36. The van der Waals surface area contributed by atoms with Gasteiger partial charge in [0.05, 0.1) is 4.90 Å². The van der Waals surface area contributed by atoms with Crippen LogP contribution in [0.15, 0.2) is 17.0 Å². The van der Waals surface area contributed by atoms with E-state index in [-0.39, 0.29) is 23.3 Å². The third-order valence-electron chi connectivity index (χ3n) is 4.13. The van der Waals surface area contributed by atoms with Gasteiger partial charge in [0, 0.05) is 29.2 Å². The van der Waals surface area contributed by atoms with Crippen LogP contribution in [0.25, 0.3) is 0 Å². The summed E-state index contributed by atoms with van der Waals surface area (Å²) in [6.45, 7) is 4.69. The lowest BCUT2D eigenvalue weighted by Gasteiger charge is -2.33. The largest absolute Gasteiger partial charge is 0.328 e. The fourth-order valence-corrected chi connectivity index (χ4v) is 4.70. The summed E-state index contributed by atoms with van der Waals surface area (Å²) < 4.78 is 26.8. The lowest BCUT2D eigenvalue weighted by molar-refractivity contribution is 0.250. The van der Waals surface area contributed by atoms with Crippen LogP contribution >= 0.6 is 35.6 Å². The molecule has 1 aromatic carbocycles. The lowest BCUT2D eigenvalue weighted by Crippen LogP contribution is -2.42. The normalized spacial score (nSPS) is 18.8. The second-order valence-electron chi connectivity index (χ2n) is 5.61. The topological polar surface area (TPSA) is 63.4 Å². The van der Waals surface area contributed by atoms with Gasteiger partial charge in [-0.3, -0.25) is 0 Å². The quantitative estimate of drug-likeness (QED) is 0.863. The van der Waals surface area contributed by atoms with Crippen LogP contribution in [0.2, 0.25) is 10.0 Å². The highest BCUT2D eigenvalue weighted by Gasteiger charge is 2.31. The van der Waals surface area contributed by atoms with E-state index in [9.17, 15) is 8.42 Å². The van der Waals surface area contributed by atoms with E-state index in [1.54, 1.807) is 6.92 Å². The number of halogens is 3. The molecule has 1 fully saturated rings. The van der Waals surface area contributed by atoms with Crippen molar-refractivity contribution in [1.29, 1.82) is 0 Å². The maximum atomic E-state index is 12.7. The molecule has 4 nitrogen and oxygen atoms in total. The van der Waals surface area contributed by atoms with Crippen LogP contribution in [0, 0.1) is 12.8 Å². The fraction of sp³-hybridized carbons (Fsp3) is 0.571. The molecule has 1 aliphatic heterocycles. The number of nitrogens with zero attached hydrogens (tertiary/aromatic N) is 1. The number of benzene rings is 1. The summed E-state index contributed by atoms with van der Waals surface area (Å²) in [5.41, 5.74) is 6.57. The minimum atomic E-state index is -3.55. The minimum absolute atomic E-state index is 0. The Bertz CT molecular complexity index is 604. The number of piperidine rings is 1. The predicted octanol–water partition coefficient (Wildman–Crippen LogP) is 3.47. The first-order valence-corrected chi connectivity index (χ1v) is 9.14. The maximum absolute atomic E-state index is 12.7. The summed E-state index contributed by atoms with van der Waals surface area (Å²) in [5, 5.41) is 0.734. The Hall–Kier alpha value is -0.0400. The Kier molecular flexibility index (Phi) is 6.99. The van der Waals surface area contributed by atoms with Crippen molar-refractivity contribution in [3.05, 3.63) is 27.7 Å². The van der Waals surface area contributed by atoms with Crippen molar-refractivity contribution in [2.75, 3.05) is 13.1 Å². The molecule has 1 unspecified atom stereocenters. The number of rotatable bonds is 3. The molecule has 22 heavy (non-hydrogen) atoms. The molecule has 0 saturated carbocycles. The molecule has 126 valence electrons. The van der Waals surface area contributed by atoms with Crippen LogP contribution in [0.1, 0.15) is 25.3 Å². The highest BCUT2D eigenvalue weighted by atomic mass is 35.5. The van der Waals surface area contributed by atoms with Gasteiger partial charge in [-0.05, 0) is 50.3 Å². The Balaban J connectivity index is 0.00000242. The molecule has 2 N–H and O–H groups in total. The molecule has 1 aliphatic rings. The fourth-order valence-electron chi connectivity index (χ4n) is 2.56. The smallest absolute Gasteiger partial charge is 0.243 e. The van der Waals surface area contributed by atoms with E-state index < -0.39 is 10.0 Å². The van der Waals surface area contributed by atoms with E-state index in [4.69, 9.17) is 28.9 Å². The molecule has 1 saturated heterocycles. The Labute approximate surface area is 148 Å². The average Bonchev–Trinajstić information content (AvgIpc) is 2.44. The van der Waals surface area contributed by atoms with E-state index in [0.29, 0.717) is 34.6 Å². The molecule has 0 spiro atoms. The first kappa shape index (κ1) is 20.0. The second kappa shape index (κ2) is 7.69. The first-order chi connectivity index (χ1) is 9.73. The molecule has 0 bridgehead atoms. The SMILES string of the molecule is Cc1c(Cl)cc(S(=O)(=O)N2CCC(C(C)N)CC2)cc1Cl.Cl. The average molecular weight is 388 g/mol. The molecular weight excluding hydrogens is 367 g/mol. The molecule has 0 aliphatic carbocycles. The molecule has 1 atom stereocenters. The van der Waals surface area contributed by atoms with E-state index in [2.05, 4.69) is 0 Å². The van der Waals surface area contributed by atoms with Gasteiger partial charge in [0.2, 0.25) is 10.0 Å². The van der Waals surface area contributed by atoms with Gasteiger partial charge < -0.3 is 5.73 Å². The van der Waals surface area contributed by atoms with Gasteiger partial charge in [0.15, 0.2) is 0 Å². The lowest BCUT2D eigenvalue weighted by atomic mass is 9.92. The van der Waals surface area contributed by atoms with E-state index >= 15 is 0 Å². The van der Waals surface area contributed by atoms with E-state index in [1.807, 2.05) is 6.92 Å². The monoisotopic (exact) mass is 386 g/mol. The summed E-state index contributed by atoms with van der Waals surface area (Å²) in [7, 11) is -3.55. The van der Waals surface area contributed by atoms with Crippen LogP contribution in [-0.2, 0) is 10.0 Å². The Morgan fingerprint density at radius 2 is 1.68 bits per heavy atom. The van der Waals surface area contributed by atoms with Gasteiger partial charge >= 0.3 is 0 Å². The van der Waals surface area contributed by atoms with Gasteiger partial charge in [-0.2, -0.15) is 4.31 Å². The van der Waals surface area contributed by atoms with Crippen LogP contribution in [0.5, 0.6) is 0 Å². The highest BCUT2D eigenvalue weighted by Crippen LogP contribution is 2.31. The van der Waals surface area contributed by atoms with Crippen molar-refractivity contribution in [3.8, 4) is 0 Å². The van der Waals surface area contributed by atoms with Gasteiger partial charge in [-0.15, -0.1) is 12.4 Å². The summed E-state index contributed by atoms with van der Waals surface area (Å²) in [6.07, 6.45) is 1.56. The van der Waals surface area contributed by atoms with Crippen molar-refractivity contribution in [3.63, 3.8) is 0 Å². The van der Waals surface area contributed by atoms with Crippen molar-refractivity contribution in [2.24, 2.45) is 11.7 Å². The van der Waals surface area contributed by atoms with Gasteiger partial charge in [0.25, 0.3) is 0 Å². The molecule has 0 amide bonds. The standard InChI is InChI=1S/C14H20Cl2N2O2S.ClH/c1-9-13(15)7-12(8-14(9)16)21(19,20)18-5-3-11(4-6-18)10(2)17;/h7-8,10-11H,3-6,17H2,1-2H3;1H. The zero-order valence-electron chi connectivity index (χ0n) is 12.6. The molecule has 0 radical (unpaired) electrons. The molecule has 2 rings (SSSR count). The summed E-state index contributed by atoms with van der Waals surface area (Å²) in [5.74, 6) is 0.377. The Morgan fingerprint density at radius 1 is 1.23 bits per heavy atom. The molecule has 8 heteroatoms. The number of nitrogens with two attached hydrogens (primary N) is 1. The van der Waals surface area contributed by atoms with Crippen LogP contribution in [-0.4, -0.2) is 31.9 Å². The molecule has 0 aromatic heterocycles. The van der Waals surface area contributed by atoms with Crippen molar-refractivity contribution in [2.45, 2.75) is 37.6 Å². The Morgan fingerprint density at radius 3 is 2.09 bits per heavy atom. The number of hydrogen-bond acceptors (Lipinski definition) is 3. The van der Waals surface area contributed by atoms with Gasteiger partial charge in [0.1, 0.15) is 0 Å². The van der Waals surface area contributed by atoms with E-state index in [0.717, 1.165) is 12.8 Å². The summed E-state index contributed by atoms with van der Waals surface area (Å²) >= 11 is 12.1. The van der Waals surface area contributed by atoms with Crippen molar-refractivity contribution >= 4 is 45.6 Å². The third-order valence-corrected chi connectivity index (χ3v) is 6.80. The minimum Gasteiger partial charge on any atom is -0.328 e. The highest BCUT2D eigenvalue weighted by molar-refractivity contribution is 7.89. The van der Waals surface area contributed by atoms with Crippen molar-refractivity contribution < 1.29 is 8.42 Å². The molecular formula is C14H21Cl3N2O2S. The number of sulfonamides is 1. The molecule has 1 heterocycles. The van der Waals surface area contributed by atoms with Crippen LogP contribution in [0.3, 0.4) is 0 Å². The van der Waals surface area contributed by atoms with Gasteiger partial charge in [-0.1, -0.05) is 23.2 Å².